The SMILES string of the molecule is CN(C[C@@H]1CCC[C@H]1O)C(=O)[C@H]1CCC(=O)N1. The van der Waals surface area contributed by atoms with Crippen molar-refractivity contribution in [3.8, 4) is 0 Å². The lowest BCUT2D eigenvalue weighted by molar-refractivity contribution is -0.134. The molecule has 1 saturated carbocycles. The number of hydrogen-bond donors (Lipinski definition) is 2. The Labute approximate surface area is 101 Å². The maximum Gasteiger partial charge on any atom is 0.244 e. The minimum Gasteiger partial charge on any atom is -0.393 e. The van der Waals surface area contributed by atoms with Gasteiger partial charge in [0.25, 0.3) is 0 Å². The van der Waals surface area contributed by atoms with Gasteiger partial charge in [-0.1, -0.05) is 6.42 Å². The highest BCUT2D eigenvalue weighted by Gasteiger charge is 2.32. The first-order chi connectivity index (χ1) is 8.08. The van der Waals surface area contributed by atoms with E-state index in [0.717, 1.165) is 19.3 Å². The lowest BCUT2D eigenvalue weighted by Crippen LogP contribution is -2.45. The van der Waals surface area contributed by atoms with E-state index in [9.17, 15) is 14.7 Å². The van der Waals surface area contributed by atoms with Crippen molar-refractivity contribution < 1.29 is 14.7 Å². The van der Waals surface area contributed by atoms with Crippen molar-refractivity contribution in [2.75, 3.05) is 13.6 Å². The minimum absolute atomic E-state index is 0.0325. The molecule has 0 radical (unpaired) electrons. The highest BCUT2D eigenvalue weighted by molar-refractivity contribution is 5.90. The third kappa shape index (κ3) is 2.77. The molecule has 1 saturated heterocycles. The smallest absolute Gasteiger partial charge is 0.244 e. The average Bonchev–Trinajstić information content (AvgIpc) is 2.88. The van der Waals surface area contributed by atoms with Crippen LogP contribution in [0.15, 0.2) is 0 Å². The summed E-state index contributed by atoms with van der Waals surface area (Å²) in [6.45, 7) is 0.590. The lowest BCUT2D eigenvalue weighted by Gasteiger charge is -2.25. The molecule has 2 rings (SSSR count). The molecule has 2 aliphatic rings. The van der Waals surface area contributed by atoms with Crippen molar-refractivity contribution in [1.82, 2.24) is 10.2 Å². The first-order valence-electron chi connectivity index (χ1n) is 6.30. The molecule has 0 aromatic rings. The number of hydrogen-bond acceptors (Lipinski definition) is 3. The Hall–Kier alpha value is -1.10. The van der Waals surface area contributed by atoms with Crippen molar-refractivity contribution in [2.24, 2.45) is 5.92 Å². The molecular formula is C12H20N2O3. The Morgan fingerprint density at radius 1 is 1.47 bits per heavy atom. The fraction of sp³-hybridized carbons (Fsp3) is 0.833. The number of carbonyl (C=O) groups is 2. The van der Waals surface area contributed by atoms with Gasteiger partial charge in [-0.05, 0) is 19.3 Å². The van der Waals surface area contributed by atoms with Gasteiger partial charge in [-0.15, -0.1) is 0 Å². The van der Waals surface area contributed by atoms with E-state index < -0.39 is 0 Å². The summed E-state index contributed by atoms with van der Waals surface area (Å²) in [5, 5.41) is 12.4. The number of nitrogens with one attached hydrogen (secondary N) is 1. The topological polar surface area (TPSA) is 69.6 Å². The van der Waals surface area contributed by atoms with Gasteiger partial charge in [-0.3, -0.25) is 9.59 Å². The summed E-state index contributed by atoms with van der Waals surface area (Å²) < 4.78 is 0. The van der Waals surface area contributed by atoms with Crippen molar-refractivity contribution >= 4 is 11.8 Å². The van der Waals surface area contributed by atoms with Gasteiger partial charge < -0.3 is 15.3 Å². The zero-order valence-corrected chi connectivity index (χ0v) is 10.2. The Kier molecular flexibility index (Phi) is 3.66. The van der Waals surface area contributed by atoms with Gasteiger partial charge in [0.2, 0.25) is 11.8 Å². The number of rotatable bonds is 3. The van der Waals surface area contributed by atoms with Crippen LogP contribution in [0, 0.1) is 5.92 Å². The Bertz CT molecular complexity index is 319. The molecular weight excluding hydrogens is 220 g/mol. The number of nitrogens with zero attached hydrogens (tertiary/aromatic N) is 1. The van der Waals surface area contributed by atoms with E-state index in [0.29, 0.717) is 19.4 Å². The van der Waals surface area contributed by atoms with E-state index in [1.807, 2.05) is 0 Å². The van der Waals surface area contributed by atoms with Gasteiger partial charge in [0.05, 0.1) is 6.10 Å². The summed E-state index contributed by atoms with van der Waals surface area (Å²) in [5.74, 6) is 0.119. The molecule has 96 valence electrons. The average molecular weight is 240 g/mol. The van der Waals surface area contributed by atoms with Crippen LogP contribution < -0.4 is 5.32 Å². The third-order valence-corrected chi connectivity index (χ3v) is 3.80. The van der Waals surface area contributed by atoms with E-state index in [-0.39, 0.29) is 29.9 Å². The highest BCUT2D eigenvalue weighted by Crippen LogP contribution is 2.26. The largest absolute Gasteiger partial charge is 0.393 e. The normalized spacial score (nSPS) is 32.6. The zero-order valence-electron chi connectivity index (χ0n) is 10.2. The van der Waals surface area contributed by atoms with Gasteiger partial charge in [0.1, 0.15) is 6.04 Å². The second-order valence-corrected chi connectivity index (χ2v) is 5.14. The summed E-state index contributed by atoms with van der Waals surface area (Å²) in [6.07, 6.45) is 3.62. The number of aliphatic hydroxyl groups is 1. The van der Waals surface area contributed by atoms with E-state index in [1.54, 1.807) is 11.9 Å². The number of carbonyl (C=O) groups excluding carboxylic acids is 2. The molecule has 5 nitrogen and oxygen atoms in total. The molecule has 2 N–H and O–H groups in total. The van der Waals surface area contributed by atoms with Gasteiger partial charge in [-0.2, -0.15) is 0 Å². The van der Waals surface area contributed by atoms with Gasteiger partial charge >= 0.3 is 0 Å². The molecule has 1 aliphatic heterocycles. The molecule has 17 heavy (non-hydrogen) atoms. The van der Waals surface area contributed by atoms with Gasteiger partial charge in [0, 0.05) is 25.9 Å². The monoisotopic (exact) mass is 240 g/mol. The summed E-state index contributed by atoms with van der Waals surface area (Å²) in [5.41, 5.74) is 0. The second-order valence-electron chi connectivity index (χ2n) is 5.14. The van der Waals surface area contributed by atoms with Gasteiger partial charge in [-0.25, -0.2) is 0 Å². The van der Waals surface area contributed by atoms with Crippen LogP contribution >= 0.6 is 0 Å². The summed E-state index contributed by atoms with van der Waals surface area (Å²) >= 11 is 0. The number of amides is 2. The Morgan fingerprint density at radius 3 is 2.76 bits per heavy atom. The molecule has 1 aliphatic carbocycles. The van der Waals surface area contributed by atoms with Crippen LogP contribution in [0.5, 0.6) is 0 Å². The van der Waals surface area contributed by atoms with E-state index in [2.05, 4.69) is 5.32 Å². The standard InChI is InChI=1S/C12H20N2O3/c1-14(7-8-3-2-4-10(8)15)12(17)9-5-6-11(16)13-9/h8-10,15H,2-7H2,1H3,(H,13,16)/t8-,9+,10+/m0/s1. The molecule has 2 fully saturated rings. The molecule has 0 aromatic heterocycles. The van der Waals surface area contributed by atoms with E-state index in [4.69, 9.17) is 0 Å². The number of likely N-dealkylation sites (N-methyl/N-ethyl adjacent to an activating group) is 1. The van der Waals surface area contributed by atoms with Crippen LogP contribution in [0.4, 0.5) is 0 Å². The lowest BCUT2D eigenvalue weighted by atomic mass is 10.1. The van der Waals surface area contributed by atoms with Crippen LogP contribution in [0.25, 0.3) is 0 Å². The predicted molar refractivity (Wildman–Crippen MR) is 62.1 cm³/mol. The quantitative estimate of drug-likeness (QED) is 0.723. The first kappa shape index (κ1) is 12.4. The Morgan fingerprint density at radius 2 is 2.24 bits per heavy atom. The van der Waals surface area contributed by atoms with E-state index >= 15 is 0 Å². The van der Waals surface area contributed by atoms with Crippen molar-refractivity contribution in [3.05, 3.63) is 0 Å². The molecule has 0 bridgehead atoms. The third-order valence-electron chi connectivity index (χ3n) is 3.80. The fourth-order valence-electron chi connectivity index (χ4n) is 2.74. The van der Waals surface area contributed by atoms with Gasteiger partial charge in [0.15, 0.2) is 0 Å². The summed E-state index contributed by atoms with van der Waals surface area (Å²) in [7, 11) is 1.75. The fourth-order valence-corrected chi connectivity index (χ4v) is 2.74. The van der Waals surface area contributed by atoms with Crippen molar-refractivity contribution in [2.45, 2.75) is 44.2 Å². The molecule has 0 unspecified atom stereocenters. The predicted octanol–water partition coefficient (Wildman–Crippen LogP) is -0.116. The maximum atomic E-state index is 12.0. The maximum absolute atomic E-state index is 12.0. The molecule has 5 heteroatoms. The summed E-state index contributed by atoms with van der Waals surface area (Å²) in [4.78, 5) is 24.7. The van der Waals surface area contributed by atoms with E-state index in [1.165, 1.54) is 0 Å². The highest BCUT2D eigenvalue weighted by atomic mass is 16.3. The Balaban J connectivity index is 1.84. The van der Waals surface area contributed by atoms with Crippen molar-refractivity contribution in [1.29, 1.82) is 0 Å². The minimum atomic E-state index is -0.356. The van der Waals surface area contributed by atoms with Crippen LogP contribution in [0.1, 0.15) is 32.1 Å². The molecule has 0 aromatic carbocycles. The number of aliphatic hydroxyl groups excluding tert-OH is 1. The van der Waals surface area contributed by atoms with Crippen LogP contribution in [0.2, 0.25) is 0 Å². The molecule has 0 spiro atoms. The van der Waals surface area contributed by atoms with Crippen LogP contribution in [-0.2, 0) is 9.59 Å². The zero-order chi connectivity index (χ0) is 12.4. The summed E-state index contributed by atoms with van der Waals surface area (Å²) in [6, 6.07) is -0.356. The van der Waals surface area contributed by atoms with Crippen LogP contribution in [-0.4, -0.2) is 47.6 Å². The van der Waals surface area contributed by atoms with Crippen LogP contribution in [0.3, 0.4) is 0 Å². The molecule has 2 amide bonds. The van der Waals surface area contributed by atoms with Crippen molar-refractivity contribution in [3.63, 3.8) is 0 Å². The molecule has 1 heterocycles. The second kappa shape index (κ2) is 5.04. The first-order valence-corrected chi connectivity index (χ1v) is 6.30. The molecule has 3 atom stereocenters.